The quantitative estimate of drug-likeness (QED) is 0.882. The van der Waals surface area contributed by atoms with E-state index in [1.54, 1.807) is 0 Å². The summed E-state index contributed by atoms with van der Waals surface area (Å²) in [6, 6.07) is 8.30. The molecule has 2 N–H and O–H groups in total. The molecule has 0 radical (unpaired) electrons. The van der Waals surface area contributed by atoms with Crippen LogP contribution in [0.4, 0.5) is 5.69 Å². The van der Waals surface area contributed by atoms with E-state index in [2.05, 4.69) is 30.1 Å². The Labute approximate surface area is 151 Å². The Hall–Kier alpha value is -0.810. The number of likely N-dealkylation sites (N-methyl/N-ethyl adjacent to an activating group) is 1. The van der Waals surface area contributed by atoms with Crippen molar-refractivity contribution in [1.29, 1.82) is 0 Å². The van der Waals surface area contributed by atoms with Crippen LogP contribution >= 0.6 is 24.8 Å². The van der Waals surface area contributed by atoms with E-state index >= 15 is 0 Å². The van der Waals surface area contributed by atoms with Gasteiger partial charge in [0.25, 0.3) is 0 Å². The van der Waals surface area contributed by atoms with E-state index in [9.17, 15) is 4.79 Å². The number of nitrogens with two attached hydrogens (primary N) is 1. The minimum Gasteiger partial charge on any atom is -0.330 e. The van der Waals surface area contributed by atoms with Crippen molar-refractivity contribution in [2.45, 2.75) is 25.8 Å². The van der Waals surface area contributed by atoms with Crippen molar-refractivity contribution >= 4 is 36.4 Å². The van der Waals surface area contributed by atoms with Crippen molar-refractivity contribution in [2.24, 2.45) is 17.6 Å². The van der Waals surface area contributed by atoms with Gasteiger partial charge in [0.2, 0.25) is 5.91 Å². The lowest BCUT2D eigenvalue weighted by atomic mass is 9.94. The van der Waals surface area contributed by atoms with Crippen LogP contribution in [0.2, 0.25) is 0 Å². The lowest BCUT2D eigenvalue weighted by Gasteiger charge is -2.28. The summed E-state index contributed by atoms with van der Waals surface area (Å²) in [4.78, 5) is 17.3. The van der Waals surface area contributed by atoms with E-state index in [4.69, 9.17) is 5.73 Å². The zero-order valence-electron chi connectivity index (χ0n) is 13.6. The van der Waals surface area contributed by atoms with Gasteiger partial charge in [-0.1, -0.05) is 24.6 Å². The van der Waals surface area contributed by atoms with Crippen LogP contribution in [0, 0.1) is 11.8 Å². The van der Waals surface area contributed by atoms with Gasteiger partial charge in [0.15, 0.2) is 0 Å². The van der Waals surface area contributed by atoms with Crippen molar-refractivity contribution < 1.29 is 4.79 Å². The molecule has 0 aromatic heterocycles. The van der Waals surface area contributed by atoms with E-state index in [0.717, 1.165) is 44.6 Å². The molecule has 23 heavy (non-hydrogen) atoms. The fourth-order valence-corrected chi connectivity index (χ4v) is 3.74. The number of carbonyl (C=O) groups is 1. The van der Waals surface area contributed by atoms with Gasteiger partial charge in [0.1, 0.15) is 0 Å². The highest BCUT2D eigenvalue weighted by Gasteiger charge is 2.36. The largest absolute Gasteiger partial charge is 0.330 e. The van der Waals surface area contributed by atoms with E-state index in [1.807, 2.05) is 11.0 Å². The molecule has 6 heteroatoms. The SMILES string of the molecule is CN1CCN(C(=O)[C@@H]2CCC[C@@H]2CN)c2ccccc2C1.Cl.Cl. The van der Waals surface area contributed by atoms with Crippen LogP contribution in [0.3, 0.4) is 0 Å². The first-order valence-corrected chi connectivity index (χ1v) is 7.98. The van der Waals surface area contributed by atoms with Gasteiger partial charge < -0.3 is 15.5 Å². The van der Waals surface area contributed by atoms with Gasteiger partial charge in [-0.25, -0.2) is 0 Å². The number of anilines is 1. The van der Waals surface area contributed by atoms with E-state index in [-0.39, 0.29) is 36.6 Å². The number of halogens is 2. The number of carbonyl (C=O) groups excluding carboxylic acids is 1. The van der Waals surface area contributed by atoms with Crippen LogP contribution in [0.25, 0.3) is 0 Å². The number of rotatable bonds is 2. The van der Waals surface area contributed by atoms with Crippen LogP contribution in [-0.2, 0) is 11.3 Å². The molecule has 1 fully saturated rings. The van der Waals surface area contributed by atoms with Crippen LogP contribution in [0.1, 0.15) is 24.8 Å². The number of para-hydroxylation sites is 1. The molecule has 4 nitrogen and oxygen atoms in total. The average molecular weight is 360 g/mol. The van der Waals surface area contributed by atoms with Crippen LogP contribution in [0.15, 0.2) is 24.3 Å². The Bertz CT molecular complexity index is 526. The minimum absolute atomic E-state index is 0. The zero-order valence-corrected chi connectivity index (χ0v) is 15.2. The van der Waals surface area contributed by atoms with E-state index < -0.39 is 0 Å². The summed E-state index contributed by atoms with van der Waals surface area (Å²) in [5.74, 6) is 0.766. The first-order chi connectivity index (χ1) is 10.2. The number of hydrogen-bond acceptors (Lipinski definition) is 3. The first-order valence-electron chi connectivity index (χ1n) is 7.98. The number of benzene rings is 1. The summed E-state index contributed by atoms with van der Waals surface area (Å²) < 4.78 is 0. The van der Waals surface area contributed by atoms with Crippen molar-refractivity contribution in [3.8, 4) is 0 Å². The molecule has 2 aliphatic rings. The molecule has 1 aliphatic carbocycles. The fraction of sp³-hybridized carbons (Fsp3) is 0.588. The van der Waals surface area contributed by atoms with Gasteiger partial charge >= 0.3 is 0 Å². The second-order valence-electron chi connectivity index (χ2n) is 6.39. The predicted octanol–water partition coefficient (Wildman–Crippen LogP) is 2.68. The standard InChI is InChI=1S/C17H25N3O.2ClH/c1-19-9-10-20(16-8-3-2-5-14(16)12-19)17(21)15-7-4-6-13(15)11-18;;/h2-3,5,8,13,15H,4,6-7,9-12,18H2,1H3;2*1H/t13-,15-;;/m1../s1. The molecule has 0 bridgehead atoms. The maximum Gasteiger partial charge on any atom is 0.230 e. The number of nitrogens with zero attached hydrogens (tertiary/aromatic N) is 2. The van der Waals surface area contributed by atoms with Crippen LogP contribution in [-0.4, -0.2) is 37.5 Å². The summed E-state index contributed by atoms with van der Waals surface area (Å²) in [6.45, 7) is 3.23. The summed E-state index contributed by atoms with van der Waals surface area (Å²) in [5, 5.41) is 0. The second kappa shape index (κ2) is 8.88. The molecule has 1 aromatic carbocycles. The molecular weight excluding hydrogens is 333 g/mol. The third-order valence-electron chi connectivity index (χ3n) is 4.97. The maximum atomic E-state index is 13.0. The van der Waals surface area contributed by atoms with Gasteiger partial charge in [-0.15, -0.1) is 24.8 Å². The molecule has 2 atom stereocenters. The van der Waals surface area contributed by atoms with Crippen molar-refractivity contribution in [2.75, 3.05) is 31.6 Å². The Morgan fingerprint density at radius 3 is 2.70 bits per heavy atom. The van der Waals surface area contributed by atoms with Gasteiger partial charge in [-0.2, -0.15) is 0 Å². The Morgan fingerprint density at radius 2 is 1.96 bits per heavy atom. The highest BCUT2D eigenvalue weighted by molar-refractivity contribution is 5.96. The zero-order chi connectivity index (χ0) is 14.8. The lowest BCUT2D eigenvalue weighted by Crippen LogP contribution is -2.41. The summed E-state index contributed by atoms with van der Waals surface area (Å²) in [6.07, 6.45) is 3.23. The van der Waals surface area contributed by atoms with Crippen LogP contribution < -0.4 is 10.6 Å². The normalized spacial score (nSPS) is 24.2. The van der Waals surface area contributed by atoms with Gasteiger partial charge in [-0.3, -0.25) is 4.79 Å². The smallest absolute Gasteiger partial charge is 0.230 e. The molecule has 1 aromatic rings. The number of hydrogen-bond donors (Lipinski definition) is 1. The predicted molar refractivity (Wildman–Crippen MR) is 99.5 cm³/mol. The monoisotopic (exact) mass is 359 g/mol. The molecular formula is C17H27Cl2N3O. The third kappa shape index (κ3) is 4.18. The minimum atomic E-state index is 0. The summed E-state index contributed by atoms with van der Waals surface area (Å²) in [5.41, 5.74) is 8.20. The van der Waals surface area contributed by atoms with Crippen molar-refractivity contribution in [3.63, 3.8) is 0 Å². The average Bonchev–Trinajstić information content (AvgIpc) is 2.90. The maximum absolute atomic E-state index is 13.0. The molecule has 1 saturated carbocycles. The molecule has 3 rings (SSSR count). The summed E-state index contributed by atoms with van der Waals surface area (Å²) >= 11 is 0. The fourth-order valence-electron chi connectivity index (χ4n) is 3.74. The Morgan fingerprint density at radius 1 is 1.22 bits per heavy atom. The Balaban J connectivity index is 0.00000132. The number of amides is 1. The highest BCUT2D eigenvalue weighted by atomic mass is 35.5. The molecule has 130 valence electrons. The van der Waals surface area contributed by atoms with E-state index in [1.165, 1.54) is 5.56 Å². The molecule has 0 unspecified atom stereocenters. The molecule has 1 heterocycles. The van der Waals surface area contributed by atoms with Crippen molar-refractivity contribution in [3.05, 3.63) is 29.8 Å². The third-order valence-corrected chi connectivity index (χ3v) is 4.97. The molecule has 1 amide bonds. The second-order valence-corrected chi connectivity index (χ2v) is 6.39. The van der Waals surface area contributed by atoms with Crippen molar-refractivity contribution in [1.82, 2.24) is 4.90 Å². The van der Waals surface area contributed by atoms with Gasteiger partial charge in [-0.05, 0) is 44.0 Å². The van der Waals surface area contributed by atoms with Gasteiger partial charge in [0.05, 0.1) is 0 Å². The molecule has 1 aliphatic heterocycles. The van der Waals surface area contributed by atoms with Crippen LogP contribution in [0.5, 0.6) is 0 Å². The van der Waals surface area contributed by atoms with E-state index in [0.29, 0.717) is 12.5 Å². The van der Waals surface area contributed by atoms with Gasteiger partial charge in [0, 0.05) is 31.2 Å². The summed E-state index contributed by atoms with van der Waals surface area (Å²) in [7, 11) is 2.11. The lowest BCUT2D eigenvalue weighted by molar-refractivity contribution is -0.123. The Kier molecular flexibility index (Phi) is 7.81. The topological polar surface area (TPSA) is 49.6 Å². The molecule has 0 spiro atoms. The number of fused-ring (bicyclic) bond motifs is 1. The first kappa shape index (κ1) is 20.2. The molecule has 0 saturated heterocycles. The highest BCUT2D eigenvalue weighted by Crippen LogP contribution is 2.35.